The molecule has 1 aromatic rings. The lowest BCUT2D eigenvalue weighted by atomic mass is 9.95. The number of carbonyl (C=O) groups is 2. The summed E-state index contributed by atoms with van der Waals surface area (Å²) in [5.74, 6) is -0.893. The van der Waals surface area contributed by atoms with Crippen LogP contribution in [-0.2, 0) is 15.3 Å². The molecule has 0 aliphatic carbocycles. The van der Waals surface area contributed by atoms with Crippen LogP contribution in [0.2, 0.25) is 0 Å². The zero-order chi connectivity index (χ0) is 17.0. The summed E-state index contributed by atoms with van der Waals surface area (Å²) in [5, 5.41) is 18.8. The van der Waals surface area contributed by atoms with Gasteiger partial charge in [0.15, 0.2) is 0 Å². The number of hydrogen-bond acceptors (Lipinski definition) is 4. The van der Waals surface area contributed by atoms with Crippen molar-refractivity contribution in [3.8, 4) is 0 Å². The highest BCUT2D eigenvalue weighted by Gasteiger charge is 2.34. The van der Waals surface area contributed by atoms with Gasteiger partial charge in [-0.05, 0) is 25.8 Å². The van der Waals surface area contributed by atoms with Crippen molar-refractivity contribution in [3.63, 3.8) is 0 Å². The molecule has 2 N–H and O–H groups in total. The Kier molecular flexibility index (Phi) is 6.07. The van der Waals surface area contributed by atoms with Crippen LogP contribution >= 0.6 is 11.8 Å². The first-order valence-electron chi connectivity index (χ1n) is 7.70. The van der Waals surface area contributed by atoms with Gasteiger partial charge in [-0.2, -0.15) is 0 Å². The van der Waals surface area contributed by atoms with Gasteiger partial charge >= 0.3 is 5.97 Å². The van der Waals surface area contributed by atoms with Crippen molar-refractivity contribution in [1.82, 2.24) is 4.90 Å². The van der Waals surface area contributed by atoms with E-state index < -0.39 is 18.0 Å². The highest BCUT2D eigenvalue weighted by atomic mass is 32.2. The van der Waals surface area contributed by atoms with Crippen molar-refractivity contribution in [2.45, 2.75) is 32.1 Å². The minimum absolute atomic E-state index is 0.0578. The zero-order valence-corrected chi connectivity index (χ0v) is 14.3. The Labute approximate surface area is 140 Å². The van der Waals surface area contributed by atoms with Crippen molar-refractivity contribution in [2.24, 2.45) is 5.92 Å². The third-order valence-electron chi connectivity index (χ3n) is 4.02. The molecule has 6 heteroatoms. The average Bonchev–Trinajstić information content (AvgIpc) is 2.46. The van der Waals surface area contributed by atoms with E-state index in [9.17, 15) is 14.7 Å². The third-order valence-corrected chi connectivity index (χ3v) is 5.01. The Morgan fingerprint density at radius 1 is 1.26 bits per heavy atom. The second-order valence-electron chi connectivity index (χ2n) is 6.13. The van der Waals surface area contributed by atoms with Gasteiger partial charge in [0.25, 0.3) is 0 Å². The minimum atomic E-state index is -1.04. The van der Waals surface area contributed by atoms with E-state index in [4.69, 9.17) is 5.11 Å². The molecule has 126 valence electrons. The maximum atomic E-state index is 12.2. The molecule has 1 aliphatic rings. The number of amides is 1. The number of nitrogens with zero attached hydrogens (tertiary/aromatic N) is 1. The second kappa shape index (κ2) is 7.84. The molecule has 1 saturated heterocycles. The number of piperidine rings is 1. The van der Waals surface area contributed by atoms with Gasteiger partial charge in [-0.15, -0.1) is 11.8 Å². The maximum Gasteiger partial charge on any atom is 0.310 e. The summed E-state index contributed by atoms with van der Waals surface area (Å²) in [6.07, 6.45) is -0.538. The molecule has 1 aromatic carbocycles. The summed E-state index contributed by atoms with van der Waals surface area (Å²) in [6, 6.07) is 6.34. The summed E-state index contributed by atoms with van der Waals surface area (Å²) in [4.78, 5) is 24.9. The van der Waals surface area contributed by atoms with E-state index in [2.05, 4.69) is 32.0 Å². The molecule has 0 aromatic heterocycles. The van der Waals surface area contributed by atoms with Crippen molar-refractivity contribution in [2.75, 3.05) is 18.8 Å². The maximum absolute atomic E-state index is 12.2. The Morgan fingerprint density at radius 3 is 2.52 bits per heavy atom. The lowest BCUT2D eigenvalue weighted by Crippen LogP contribution is -2.49. The smallest absolute Gasteiger partial charge is 0.310 e. The molecule has 5 nitrogen and oxygen atoms in total. The van der Waals surface area contributed by atoms with Gasteiger partial charge in [-0.1, -0.05) is 29.3 Å². The van der Waals surface area contributed by atoms with E-state index in [1.807, 2.05) is 0 Å². The number of carboxylic acids is 1. The standard InChI is InChI=1S/C17H23NO4S/c1-11-5-12(2)7-13(6-11)9-23-10-16(20)18-4-3-15(19)14(8-18)17(21)22/h5-7,14-15,19H,3-4,8-10H2,1-2H3,(H,21,22)/t14-,15+/m0/s1. The fourth-order valence-electron chi connectivity index (χ4n) is 2.91. The van der Waals surface area contributed by atoms with E-state index in [0.717, 1.165) is 5.75 Å². The third kappa shape index (κ3) is 4.97. The predicted molar refractivity (Wildman–Crippen MR) is 90.4 cm³/mol. The number of aryl methyl sites for hydroxylation is 2. The first kappa shape index (κ1) is 17.8. The first-order valence-corrected chi connectivity index (χ1v) is 8.86. The van der Waals surface area contributed by atoms with Crippen molar-refractivity contribution < 1.29 is 19.8 Å². The fraction of sp³-hybridized carbons (Fsp3) is 0.529. The molecule has 2 rings (SSSR count). The quantitative estimate of drug-likeness (QED) is 0.857. The van der Waals surface area contributed by atoms with Crippen LogP contribution in [-0.4, -0.2) is 51.9 Å². The molecule has 1 amide bonds. The number of rotatable bonds is 5. The van der Waals surface area contributed by atoms with Crippen LogP contribution in [0.1, 0.15) is 23.1 Å². The summed E-state index contributed by atoms with van der Waals surface area (Å²) >= 11 is 1.53. The van der Waals surface area contributed by atoms with Crippen LogP contribution in [0, 0.1) is 19.8 Å². The Balaban J connectivity index is 1.84. The van der Waals surface area contributed by atoms with Crippen LogP contribution < -0.4 is 0 Å². The molecule has 0 spiro atoms. The van der Waals surface area contributed by atoms with E-state index in [1.54, 1.807) is 4.90 Å². The summed E-state index contributed by atoms with van der Waals surface area (Å²) in [6.45, 7) is 4.63. The van der Waals surface area contributed by atoms with Crippen LogP contribution in [0.15, 0.2) is 18.2 Å². The van der Waals surface area contributed by atoms with Crippen molar-refractivity contribution in [3.05, 3.63) is 34.9 Å². The highest BCUT2D eigenvalue weighted by Crippen LogP contribution is 2.20. The van der Waals surface area contributed by atoms with Crippen LogP contribution in [0.25, 0.3) is 0 Å². The van der Waals surface area contributed by atoms with E-state index >= 15 is 0 Å². The van der Waals surface area contributed by atoms with Crippen LogP contribution in [0.5, 0.6) is 0 Å². The largest absolute Gasteiger partial charge is 0.481 e. The lowest BCUT2D eigenvalue weighted by Gasteiger charge is -2.34. The first-order chi connectivity index (χ1) is 10.9. The highest BCUT2D eigenvalue weighted by molar-refractivity contribution is 7.99. The topological polar surface area (TPSA) is 77.8 Å². The van der Waals surface area contributed by atoms with Gasteiger partial charge in [-0.25, -0.2) is 0 Å². The van der Waals surface area contributed by atoms with Gasteiger partial charge in [0, 0.05) is 18.8 Å². The molecule has 0 radical (unpaired) electrons. The molecule has 0 saturated carbocycles. The molecular formula is C17H23NO4S. The zero-order valence-electron chi connectivity index (χ0n) is 13.5. The van der Waals surface area contributed by atoms with Crippen molar-refractivity contribution >= 4 is 23.6 Å². The molecule has 0 unspecified atom stereocenters. The molecule has 23 heavy (non-hydrogen) atoms. The van der Waals surface area contributed by atoms with Gasteiger partial charge in [0.05, 0.1) is 11.9 Å². The summed E-state index contributed by atoms with van der Waals surface area (Å²) < 4.78 is 0. The molecule has 1 fully saturated rings. The Bertz CT molecular complexity index is 570. The van der Waals surface area contributed by atoms with Gasteiger partial charge < -0.3 is 15.1 Å². The minimum Gasteiger partial charge on any atom is -0.481 e. The van der Waals surface area contributed by atoms with E-state index in [-0.39, 0.29) is 12.5 Å². The van der Waals surface area contributed by atoms with Gasteiger partial charge in [-0.3, -0.25) is 9.59 Å². The van der Waals surface area contributed by atoms with Crippen molar-refractivity contribution in [1.29, 1.82) is 0 Å². The normalized spacial score (nSPS) is 21.3. The molecular weight excluding hydrogens is 314 g/mol. The number of hydrogen-bond donors (Lipinski definition) is 2. The molecule has 2 atom stereocenters. The number of carbonyl (C=O) groups excluding carboxylic acids is 1. The second-order valence-corrected chi connectivity index (χ2v) is 7.11. The molecule has 1 aliphatic heterocycles. The number of thioether (sulfide) groups is 1. The predicted octanol–water partition coefficient (Wildman–Crippen LogP) is 1.83. The number of likely N-dealkylation sites (tertiary alicyclic amines) is 1. The summed E-state index contributed by atoms with van der Waals surface area (Å²) in [5.41, 5.74) is 3.61. The van der Waals surface area contributed by atoms with Crippen LogP contribution in [0.3, 0.4) is 0 Å². The molecule has 0 bridgehead atoms. The SMILES string of the molecule is Cc1cc(C)cc(CSCC(=O)N2CC[C@@H](O)[C@@H](C(=O)O)C2)c1. The van der Waals surface area contributed by atoms with Crippen LogP contribution in [0.4, 0.5) is 0 Å². The average molecular weight is 337 g/mol. The lowest BCUT2D eigenvalue weighted by molar-refractivity contribution is -0.150. The van der Waals surface area contributed by atoms with Gasteiger partial charge in [0.1, 0.15) is 5.92 Å². The van der Waals surface area contributed by atoms with E-state index in [1.165, 1.54) is 28.5 Å². The molecule has 1 heterocycles. The fourth-order valence-corrected chi connectivity index (χ4v) is 3.77. The number of carboxylic acid groups (broad SMARTS) is 1. The van der Waals surface area contributed by atoms with Gasteiger partial charge in [0.2, 0.25) is 5.91 Å². The number of aliphatic carboxylic acids is 1. The van der Waals surface area contributed by atoms with E-state index in [0.29, 0.717) is 18.7 Å². The Hall–Kier alpha value is -1.53. The summed E-state index contributed by atoms with van der Waals surface area (Å²) in [7, 11) is 0. The Morgan fingerprint density at radius 2 is 1.91 bits per heavy atom. The number of aliphatic hydroxyl groups is 1. The monoisotopic (exact) mass is 337 g/mol. The number of aliphatic hydroxyl groups excluding tert-OH is 1. The number of benzene rings is 1.